The minimum atomic E-state index is 0.142. The Kier molecular flexibility index (Phi) is 4.44. The highest BCUT2D eigenvalue weighted by Crippen LogP contribution is 2.32. The van der Waals surface area contributed by atoms with Gasteiger partial charge in [-0.3, -0.25) is 4.79 Å². The normalized spacial score (nSPS) is 21.0. The molecule has 2 aliphatic rings. The van der Waals surface area contributed by atoms with Crippen molar-refractivity contribution in [1.29, 1.82) is 0 Å². The molecular formula is C17H24N2O2. The van der Waals surface area contributed by atoms with Gasteiger partial charge in [0.25, 0.3) is 0 Å². The van der Waals surface area contributed by atoms with Crippen LogP contribution in [0.15, 0.2) is 28.9 Å². The Labute approximate surface area is 126 Å². The highest BCUT2D eigenvalue weighted by Gasteiger charge is 2.37. The van der Waals surface area contributed by atoms with E-state index in [4.69, 9.17) is 4.42 Å². The molecule has 2 heterocycles. The molecule has 1 amide bonds. The van der Waals surface area contributed by atoms with Crippen LogP contribution >= 0.6 is 0 Å². The quantitative estimate of drug-likeness (QED) is 0.782. The van der Waals surface area contributed by atoms with E-state index in [0.717, 1.165) is 51.1 Å². The molecular weight excluding hydrogens is 264 g/mol. The predicted octanol–water partition coefficient (Wildman–Crippen LogP) is 2.77. The van der Waals surface area contributed by atoms with Crippen LogP contribution in [0.3, 0.4) is 0 Å². The van der Waals surface area contributed by atoms with Gasteiger partial charge in [0.05, 0.1) is 6.26 Å². The summed E-state index contributed by atoms with van der Waals surface area (Å²) in [5.74, 6) is 0.878. The molecule has 21 heavy (non-hydrogen) atoms. The number of amides is 1. The van der Waals surface area contributed by atoms with Crippen molar-refractivity contribution in [2.75, 3.05) is 19.6 Å². The second-order valence-electron chi connectivity index (χ2n) is 5.99. The van der Waals surface area contributed by atoms with Crippen LogP contribution in [-0.2, 0) is 4.79 Å². The molecule has 4 heteroatoms. The van der Waals surface area contributed by atoms with E-state index in [2.05, 4.69) is 16.7 Å². The van der Waals surface area contributed by atoms with Crippen LogP contribution in [0, 0.1) is 0 Å². The molecule has 1 aliphatic carbocycles. The molecule has 4 nitrogen and oxygen atoms in total. The lowest BCUT2D eigenvalue weighted by atomic mass is 10.0. The lowest BCUT2D eigenvalue weighted by Crippen LogP contribution is -2.47. The van der Waals surface area contributed by atoms with Crippen LogP contribution in [0.4, 0.5) is 0 Å². The fourth-order valence-electron chi connectivity index (χ4n) is 3.15. The molecule has 0 radical (unpaired) electrons. The van der Waals surface area contributed by atoms with E-state index in [1.807, 2.05) is 12.1 Å². The van der Waals surface area contributed by atoms with E-state index < -0.39 is 0 Å². The average molecular weight is 288 g/mol. The molecule has 1 aromatic heterocycles. The van der Waals surface area contributed by atoms with E-state index in [9.17, 15) is 4.79 Å². The third kappa shape index (κ3) is 3.56. The molecule has 0 unspecified atom stereocenters. The lowest BCUT2D eigenvalue weighted by Gasteiger charge is -2.38. The van der Waals surface area contributed by atoms with Crippen molar-refractivity contribution in [2.45, 2.75) is 44.7 Å². The van der Waals surface area contributed by atoms with Gasteiger partial charge in [-0.25, -0.2) is 0 Å². The first-order chi connectivity index (χ1) is 10.3. The maximum absolute atomic E-state index is 12.6. The van der Waals surface area contributed by atoms with Crippen molar-refractivity contribution in [3.63, 3.8) is 0 Å². The van der Waals surface area contributed by atoms with Gasteiger partial charge >= 0.3 is 0 Å². The lowest BCUT2D eigenvalue weighted by molar-refractivity contribution is -0.129. The second kappa shape index (κ2) is 6.48. The summed E-state index contributed by atoms with van der Waals surface area (Å²) >= 11 is 0. The molecule has 0 aromatic carbocycles. The van der Waals surface area contributed by atoms with Gasteiger partial charge in [0.1, 0.15) is 5.76 Å². The molecule has 0 spiro atoms. The van der Waals surface area contributed by atoms with Gasteiger partial charge in [0, 0.05) is 31.2 Å². The Balaban J connectivity index is 1.63. The van der Waals surface area contributed by atoms with E-state index in [1.54, 1.807) is 18.4 Å². The molecule has 1 saturated carbocycles. The number of likely N-dealkylation sites (tertiary alicyclic amines) is 1. The average Bonchev–Trinajstić information content (AvgIpc) is 3.20. The number of carbonyl (C=O) groups excluding carboxylic acids is 1. The number of hydrogen-bond acceptors (Lipinski definition) is 3. The maximum Gasteiger partial charge on any atom is 0.247 e. The summed E-state index contributed by atoms with van der Waals surface area (Å²) in [7, 11) is 0. The Bertz CT molecular complexity index is 483. The van der Waals surface area contributed by atoms with E-state index in [0.29, 0.717) is 12.1 Å². The van der Waals surface area contributed by atoms with Gasteiger partial charge in [-0.2, -0.15) is 0 Å². The van der Waals surface area contributed by atoms with Crippen molar-refractivity contribution in [3.05, 3.63) is 30.2 Å². The summed E-state index contributed by atoms with van der Waals surface area (Å²) in [6.07, 6.45) is 9.60. The van der Waals surface area contributed by atoms with E-state index >= 15 is 0 Å². The van der Waals surface area contributed by atoms with Crippen LogP contribution < -0.4 is 0 Å². The fraction of sp³-hybridized carbons (Fsp3) is 0.588. The van der Waals surface area contributed by atoms with Gasteiger partial charge in [0.2, 0.25) is 5.91 Å². The first kappa shape index (κ1) is 14.4. The Morgan fingerprint density at radius 2 is 2.05 bits per heavy atom. The van der Waals surface area contributed by atoms with Gasteiger partial charge in [-0.15, -0.1) is 0 Å². The molecule has 0 bridgehead atoms. The minimum absolute atomic E-state index is 0.142. The van der Waals surface area contributed by atoms with Crippen molar-refractivity contribution >= 4 is 12.0 Å². The first-order valence-corrected chi connectivity index (χ1v) is 8.04. The van der Waals surface area contributed by atoms with Gasteiger partial charge in [-0.1, -0.05) is 6.92 Å². The molecule has 0 N–H and O–H groups in total. The van der Waals surface area contributed by atoms with Crippen molar-refractivity contribution in [1.82, 2.24) is 9.80 Å². The van der Waals surface area contributed by atoms with Crippen LogP contribution in [0.2, 0.25) is 0 Å². The number of furan rings is 1. The summed E-state index contributed by atoms with van der Waals surface area (Å²) in [5.41, 5.74) is 0. The van der Waals surface area contributed by atoms with Crippen molar-refractivity contribution in [2.24, 2.45) is 0 Å². The molecule has 3 rings (SSSR count). The largest absolute Gasteiger partial charge is 0.465 e. The van der Waals surface area contributed by atoms with Crippen LogP contribution in [-0.4, -0.2) is 47.4 Å². The van der Waals surface area contributed by atoms with Gasteiger partial charge in [-0.05, 0) is 50.4 Å². The van der Waals surface area contributed by atoms with Gasteiger partial charge < -0.3 is 14.2 Å². The summed E-state index contributed by atoms with van der Waals surface area (Å²) in [4.78, 5) is 17.1. The Morgan fingerprint density at radius 1 is 1.33 bits per heavy atom. The standard InChI is InChI=1S/C17H24N2O2/c1-2-18-11-9-15(10-12-18)19(14-5-6-14)17(20)8-7-16-4-3-13-21-16/h3-4,7-8,13-15H,2,5-6,9-12H2,1H3/b8-7+. The zero-order valence-electron chi connectivity index (χ0n) is 12.7. The number of nitrogens with zero attached hydrogens (tertiary/aromatic N) is 2. The van der Waals surface area contributed by atoms with Crippen molar-refractivity contribution in [3.8, 4) is 0 Å². The van der Waals surface area contributed by atoms with Crippen LogP contribution in [0.5, 0.6) is 0 Å². The minimum Gasteiger partial charge on any atom is -0.465 e. The van der Waals surface area contributed by atoms with Crippen molar-refractivity contribution < 1.29 is 9.21 Å². The third-order valence-electron chi connectivity index (χ3n) is 4.53. The fourth-order valence-corrected chi connectivity index (χ4v) is 3.15. The highest BCUT2D eigenvalue weighted by atomic mass is 16.3. The Hall–Kier alpha value is -1.55. The summed E-state index contributed by atoms with van der Waals surface area (Å²) in [5, 5.41) is 0. The summed E-state index contributed by atoms with van der Waals surface area (Å²) in [6, 6.07) is 4.58. The molecule has 1 saturated heterocycles. The number of piperidine rings is 1. The molecule has 0 atom stereocenters. The highest BCUT2D eigenvalue weighted by molar-refractivity contribution is 5.92. The predicted molar refractivity (Wildman–Crippen MR) is 82.7 cm³/mol. The third-order valence-corrected chi connectivity index (χ3v) is 4.53. The summed E-state index contributed by atoms with van der Waals surface area (Å²) in [6.45, 7) is 5.54. The number of hydrogen-bond donors (Lipinski definition) is 0. The van der Waals surface area contributed by atoms with Crippen LogP contribution in [0.1, 0.15) is 38.4 Å². The Morgan fingerprint density at radius 3 is 2.62 bits per heavy atom. The zero-order valence-corrected chi connectivity index (χ0v) is 12.7. The van der Waals surface area contributed by atoms with E-state index in [-0.39, 0.29) is 5.91 Å². The SMILES string of the molecule is CCN1CCC(N(C(=O)/C=C/c2ccco2)C2CC2)CC1. The number of rotatable bonds is 5. The molecule has 1 aromatic rings. The first-order valence-electron chi connectivity index (χ1n) is 8.04. The summed E-state index contributed by atoms with van der Waals surface area (Å²) < 4.78 is 5.25. The molecule has 114 valence electrons. The molecule has 2 fully saturated rings. The number of carbonyl (C=O) groups is 1. The van der Waals surface area contributed by atoms with Gasteiger partial charge in [0.15, 0.2) is 0 Å². The zero-order chi connectivity index (χ0) is 14.7. The topological polar surface area (TPSA) is 36.7 Å². The second-order valence-corrected chi connectivity index (χ2v) is 5.99. The maximum atomic E-state index is 12.6. The van der Waals surface area contributed by atoms with Crippen LogP contribution in [0.25, 0.3) is 6.08 Å². The smallest absolute Gasteiger partial charge is 0.247 e. The molecule has 1 aliphatic heterocycles. The van der Waals surface area contributed by atoms with E-state index in [1.165, 1.54) is 0 Å². The monoisotopic (exact) mass is 288 g/mol.